The maximum atomic E-state index is 13.8. The second-order valence-corrected chi connectivity index (χ2v) is 8.29. The molecule has 7 nitrogen and oxygen atoms in total. The van der Waals surface area contributed by atoms with Gasteiger partial charge in [-0.1, -0.05) is 30.3 Å². The summed E-state index contributed by atoms with van der Waals surface area (Å²) < 4.78 is 0. The van der Waals surface area contributed by atoms with Gasteiger partial charge in [0.15, 0.2) is 0 Å². The number of hydrogen-bond acceptors (Lipinski definition) is 5. The molecule has 2 aromatic carbocycles. The molecule has 0 saturated carbocycles. The highest BCUT2D eigenvalue weighted by molar-refractivity contribution is 6.01. The summed E-state index contributed by atoms with van der Waals surface area (Å²) in [4.78, 5) is 31.3. The number of likely N-dealkylation sites (N-methyl/N-ethyl adjacent to an activating group) is 1. The number of piperazine rings is 1. The van der Waals surface area contributed by atoms with Crippen molar-refractivity contribution in [2.45, 2.75) is 25.8 Å². The van der Waals surface area contributed by atoms with Crippen molar-refractivity contribution in [2.75, 3.05) is 44.7 Å². The first kappa shape index (κ1) is 20.3. The Morgan fingerprint density at radius 2 is 1.77 bits per heavy atom. The third-order valence-corrected chi connectivity index (χ3v) is 6.22. The zero-order chi connectivity index (χ0) is 21.3. The van der Waals surface area contributed by atoms with Gasteiger partial charge in [-0.15, -0.1) is 0 Å². The average Bonchev–Trinajstić information content (AvgIpc) is 3.28. The van der Waals surface area contributed by atoms with Crippen molar-refractivity contribution < 1.29 is 9.72 Å². The van der Waals surface area contributed by atoms with E-state index in [1.54, 1.807) is 19.1 Å². The molecule has 2 aromatic rings. The SMILES string of the molecule is Cc1cc(C(=O)N2CCN(C)CC2c2ccccc2)c(N2CCCC2)cc1[N+](=O)[O-]. The molecule has 158 valence electrons. The predicted octanol–water partition coefficient (Wildman–Crippen LogP) is 3.63. The molecule has 0 spiro atoms. The number of amides is 1. The summed E-state index contributed by atoms with van der Waals surface area (Å²) >= 11 is 0. The fourth-order valence-corrected chi connectivity index (χ4v) is 4.55. The van der Waals surface area contributed by atoms with E-state index in [1.165, 1.54) is 0 Å². The Morgan fingerprint density at radius 3 is 2.43 bits per heavy atom. The minimum Gasteiger partial charge on any atom is -0.371 e. The molecule has 7 heteroatoms. The maximum absolute atomic E-state index is 13.8. The Morgan fingerprint density at radius 1 is 1.07 bits per heavy atom. The number of nitro groups is 1. The summed E-state index contributed by atoms with van der Waals surface area (Å²) in [6.45, 7) is 5.56. The molecular weight excluding hydrogens is 380 g/mol. The van der Waals surface area contributed by atoms with Crippen LogP contribution in [0.5, 0.6) is 0 Å². The first-order chi connectivity index (χ1) is 14.5. The predicted molar refractivity (Wildman–Crippen MR) is 117 cm³/mol. The fraction of sp³-hybridized carbons (Fsp3) is 0.435. The van der Waals surface area contributed by atoms with Gasteiger partial charge in [-0.3, -0.25) is 14.9 Å². The number of anilines is 1. The summed E-state index contributed by atoms with van der Waals surface area (Å²) in [5, 5.41) is 11.5. The van der Waals surface area contributed by atoms with Crippen molar-refractivity contribution in [1.82, 2.24) is 9.80 Å². The zero-order valence-corrected chi connectivity index (χ0v) is 17.6. The number of nitro benzene ring substituents is 1. The van der Waals surface area contributed by atoms with Crippen LogP contribution in [0.3, 0.4) is 0 Å². The Balaban J connectivity index is 1.75. The van der Waals surface area contributed by atoms with Gasteiger partial charge in [-0.05, 0) is 38.4 Å². The van der Waals surface area contributed by atoms with Crippen LogP contribution in [-0.4, -0.2) is 60.4 Å². The highest BCUT2D eigenvalue weighted by Gasteiger charge is 2.34. The highest BCUT2D eigenvalue weighted by Crippen LogP contribution is 2.35. The van der Waals surface area contributed by atoms with E-state index in [-0.39, 0.29) is 22.6 Å². The molecule has 2 fully saturated rings. The highest BCUT2D eigenvalue weighted by atomic mass is 16.6. The first-order valence-corrected chi connectivity index (χ1v) is 10.5. The van der Waals surface area contributed by atoms with Crippen molar-refractivity contribution in [3.8, 4) is 0 Å². The largest absolute Gasteiger partial charge is 0.371 e. The van der Waals surface area contributed by atoms with Crippen molar-refractivity contribution in [3.63, 3.8) is 0 Å². The van der Waals surface area contributed by atoms with E-state index in [9.17, 15) is 14.9 Å². The Kier molecular flexibility index (Phi) is 5.72. The summed E-state index contributed by atoms with van der Waals surface area (Å²) in [6, 6.07) is 13.4. The van der Waals surface area contributed by atoms with Gasteiger partial charge in [0, 0.05) is 44.4 Å². The van der Waals surface area contributed by atoms with Crippen LogP contribution in [0, 0.1) is 17.0 Å². The molecule has 2 saturated heterocycles. The molecule has 2 heterocycles. The van der Waals surface area contributed by atoms with Crippen molar-refractivity contribution in [2.24, 2.45) is 0 Å². The molecule has 1 amide bonds. The number of aryl methyl sites for hydroxylation is 1. The third kappa shape index (κ3) is 3.89. The van der Waals surface area contributed by atoms with E-state index >= 15 is 0 Å². The molecule has 0 bridgehead atoms. The lowest BCUT2D eigenvalue weighted by Crippen LogP contribution is -2.49. The molecule has 0 aromatic heterocycles. The van der Waals surface area contributed by atoms with Crippen molar-refractivity contribution >= 4 is 17.3 Å². The van der Waals surface area contributed by atoms with Gasteiger partial charge in [0.1, 0.15) is 0 Å². The number of carbonyl (C=O) groups excluding carboxylic acids is 1. The lowest BCUT2D eigenvalue weighted by molar-refractivity contribution is -0.385. The Hall–Kier alpha value is -2.93. The van der Waals surface area contributed by atoms with Gasteiger partial charge >= 0.3 is 0 Å². The summed E-state index contributed by atoms with van der Waals surface area (Å²) in [5.74, 6) is -0.0446. The molecular formula is C23H28N4O3. The Labute approximate surface area is 177 Å². The van der Waals surface area contributed by atoms with Crippen LogP contribution >= 0.6 is 0 Å². The van der Waals surface area contributed by atoms with Gasteiger partial charge in [0.2, 0.25) is 0 Å². The van der Waals surface area contributed by atoms with Crippen molar-refractivity contribution in [1.29, 1.82) is 0 Å². The zero-order valence-electron chi connectivity index (χ0n) is 17.6. The summed E-state index contributed by atoms with van der Waals surface area (Å²) in [6.07, 6.45) is 2.08. The van der Waals surface area contributed by atoms with Gasteiger partial charge in [0.05, 0.1) is 22.2 Å². The van der Waals surface area contributed by atoms with Crippen LogP contribution in [-0.2, 0) is 0 Å². The van der Waals surface area contributed by atoms with E-state index in [1.807, 2.05) is 23.1 Å². The lowest BCUT2D eigenvalue weighted by atomic mass is 9.99. The summed E-state index contributed by atoms with van der Waals surface area (Å²) in [7, 11) is 2.07. The second kappa shape index (κ2) is 8.44. The molecule has 1 atom stereocenters. The quantitative estimate of drug-likeness (QED) is 0.571. The van der Waals surface area contributed by atoms with Crippen LogP contribution in [0.15, 0.2) is 42.5 Å². The van der Waals surface area contributed by atoms with E-state index in [2.05, 4.69) is 29.0 Å². The molecule has 2 aliphatic heterocycles. The van der Waals surface area contributed by atoms with Gasteiger partial charge in [-0.25, -0.2) is 0 Å². The minimum absolute atomic E-state index is 0.0422. The third-order valence-electron chi connectivity index (χ3n) is 6.22. The molecule has 4 rings (SSSR count). The van der Waals surface area contributed by atoms with Gasteiger partial charge in [-0.2, -0.15) is 0 Å². The number of rotatable bonds is 4. The topological polar surface area (TPSA) is 69.9 Å². The van der Waals surface area contributed by atoms with Crippen LogP contribution in [0.25, 0.3) is 0 Å². The monoisotopic (exact) mass is 408 g/mol. The maximum Gasteiger partial charge on any atom is 0.274 e. The van der Waals surface area contributed by atoms with Crippen LogP contribution in [0.4, 0.5) is 11.4 Å². The standard InChI is InChI=1S/C23H28N4O3/c1-17-14-19(21(15-20(17)27(29)30)25-10-6-7-11-25)23(28)26-13-12-24(2)16-22(26)18-8-4-3-5-9-18/h3-5,8-9,14-15,22H,6-7,10-13,16H2,1-2H3. The smallest absolute Gasteiger partial charge is 0.274 e. The van der Waals surface area contributed by atoms with Crippen LogP contribution < -0.4 is 4.90 Å². The fourth-order valence-electron chi connectivity index (χ4n) is 4.55. The first-order valence-electron chi connectivity index (χ1n) is 10.5. The molecule has 0 radical (unpaired) electrons. The Bertz CT molecular complexity index is 941. The average molecular weight is 409 g/mol. The lowest BCUT2D eigenvalue weighted by Gasteiger charge is -2.41. The van der Waals surface area contributed by atoms with Gasteiger partial charge < -0.3 is 14.7 Å². The molecule has 0 aliphatic carbocycles. The second-order valence-electron chi connectivity index (χ2n) is 8.29. The number of nitrogens with zero attached hydrogens (tertiary/aromatic N) is 4. The van der Waals surface area contributed by atoms with Crippen LogP contribution in [0.2, 0.25) is 0 Å². The molecule has 1 unspecified atom stereocenters. The van der Waals surface area contributed by atoms with E-state index < -0.39 is 0 Å². The van der Waals surface area contributed by atoms with Crippen LogP contribution in [0.1, 0.15) is 40.4 Å². The normalized spacial score (nSPS) is 19.9. The number of carbonyl (C=O) groups is 1. The van der Waals surface area contributed by atoms with E-state index in [0.29, 0.717) is 23.4 Å². The van der Waals surface area contributed by atoms with E-state index in [4.69, 9.17) is 0 Å². The van der Waals surface area contributed by atoms with Crippen molar-refractivity contribution in [3.05, 3.63) is 69.3 Å². The minimum atomic E-state index is -0.355. The van der Waals surface area contributed by atoms with E-state index in [0.717, 1.165) is 44.6 Å². The number of benzene rings is 2. The number of hydrogen-bond donors (Lipinski definition) is 0. The van der Waals surface area contributed by atoms with Gasteiger partial charge in [0.25, 0.3) is 11.6 Å². The molecule has 30 heavy (non-hydrogen) atoms. The molecule has 2 aliphatic rings. The molecule has 0 N–H and O–H groups in total. The summed E-state index contributed by atoms with van der Waals surface area (Å²) in [5.41, 5.74) is 2.98.